The van der Waals surface area contributed by atoms with E-state index in [0.717, 1.165) is 10.8 Å². The summed E-state index contributed by atoms with van der Waals surface area (Å²) in [6.45, 7) is 4.18. The molecule has 4 unspecified atom stereocenters. The zero-order valence-corrected chi connectivity index (χ0v) is 21.2. The van der Waals surface area contributed by atoms with Crippen molar-refractivity contribution in [2.24, 2.45) is 0 Å². The van der Waals surface area contributed by atoms with Crippen LogP contribution in [0.4, 0.5) is 23.8 Å². The first kappa shape index (κ1) is 30.0. The van der Waals surface area contributed by atoms with Crippen LogP contribution in [0.15, 0.2) is 29.2 Å². The van der Waals surface area contributed by atoms with Crippen molar-refractivity contribution in [2.45, 2.75) is 69.8 Å². The molecule has 3 rings (SSSR count). The normalized spacial score (nSPS) is 21.9. The van der Waals surface area contributed by atoms with Gasteiger partial charge >= 0.3 is 11.8 Å². The maximum atomic E-state index is 14.2. The van der Waals surface area contributed by atoms with Gasteiger partial charge in [0.1, 0.15) is 35.5 Å². The van der Waals surface area contributed by atoms with E-state index in [1.807, 2.05) is 0 Å². The van der Waals surface area contributed by atoms with E-state index in [1.165, 1.54) is 6.07 Å². The Hall–Kier alpha value is -3.53. The summed E-state index contributed by atoms with van der Waals surface area (Å²) in [7, 11) is 0. The molecule has 39 heavy (non-hydrogen) atoms. The van der Waals surface area contributed by atoms with Crippen LogP contribution in [0.1, 0.15) is 39.0 Å². The van der Waals surface area contributed by atoms with Gasteiger partial charge in [0, 0.05) is 24.7 Å². The highest BCUT2D eigenvalue weighted by atomic mass is 19.2. The Morgan fingerprint density at radius 1 is 1.15 bits per heavy atom. The Morgan fingerprint density at radius 2 is 1.82 bits per heavy atom. The first-order valence-electron chi connectivity index (χ1n) is 11.8. The average molecular weight is 559 g/mol. The predicted octanol–water partition coefficient (Wildman–Crippen LogP) is 0.737. The minimum atomic E-state index is -1.53. The average Bonchev–Trinajstić information content (AvgIpc) is 3.09. The van der Waals surface area contributed by atoms with Gasteiger partial charge in [-0.25, -0.2) is 22.8 Å². The van der Waals surface area contributed by atoms with Crippen LogP contribution in [0.25, 0.3) is 0 Å². The largest absolute Gasteiger partial charge is 0.444 e. The lowest BCUT2D eigenvalue weighted by molar-refractivity contribution is -0.116. The molecule has 12 nitrogen and oxygen atoms in total. The number of anilines is 1. The Balaban J connectivity index is 1.74. The predicted molar refractivity (Wildman–Crippen MR) is 128 cm³/mol. The molecular weight excluding hydrogens is 529 g/mol. The summed E-state index contributed by atoms with van der Waals surface area (Å²) in [5.74, 6) is -4.80. The number of ether oxygens (including phenoxy) is 2. The third-order valence-corrected chi connectivity index (χ3v) is 5.60. The van der Waals surface area contributed by atoms with Crippen molar-refractivity contribution in [3.63, 3.8) is 0 Å². The second-order valence-corrected chi connectivity index (χ2v) is 9.89. The summed E-state index contributed by atoms with van der Waals surface area (Å²) in [6.07, 6.45) is -6.15. The molecule has 2 amide bonds. The first-order chi connectivity index (χ1) is 18.2. The number of benzene rings is 1. The highest BCUT2D eigenvalue weighted by Gasteiger charge is 2.43. The number of carbonyl (C=O) groups is 2. The van der Waals surface area contributed by atoms with E-state index in [1.54, 1.807) is 20.8 Å². The fraction of sp³-hybridized carbons (Fsp3) is 0.500. The molecule has 1 aliphatic rings. The number of amides is 2. The standard InChI is InChI=1S/C24H29F3N4O8/c1-24(2,3)39-23(37)28-12(6-11-7-14(26)15(27)9-13(11)25)8-18(33)29-17-4-5-31(22(36)30-17)21-20(35)19(34)16(10-32)38-21/h4-5,7,9,12,16,19-21,32,34-35H,6,8,10H2,1-3H3,(H,28,37)(H,29,30,33,36)/t12-,16?,19?,20?,21?/m1/s1. The number of aliphatic hydroxyl groups excluding tert-OH is 3. The van der Waals surface area contributed by atoms with Gasteiger partial charge < -0.3 is 35.4 Å². The minimum Gasteiger partial charge on any atom is -0.444 e. The number of halogens is 3. The number of hydrogen-bond donors (Lipinski definition) is 5. The SMILES string of the molecule is CC(C)(C)OC(=O)N[C@@H](CC(=O)Nc1ccn(C2OC(CO)C(O)C2O)c(=O)n1)Cc1cc(F)c(F)cc1F. The van der Waals surface area contributed by atoms with E-state index in [-0.39, 0.29) is 11.4 Å². The highest BCUT2D eigenvalue weighted by Crippen LogP contribution is 2.28. The molecule has 15 heteroatoms. The number of nitrogens with one attached hydrogen (secondary N) is 2. The van der Waals surface area contributed by atoms with Gasteiger partial charge in [0.2, 0.25) is 5.91 Å². The zero-order chi connectivity index (χ0) is 29.1. The molecule has 0 saturated carbocycles. The number of nitrogens with zero attached hydrogens (tertiary/aromatic N) is 2. The molecule has 5 atom stereocenters. The van der Waals surface area contributed by atoms with Gasteiger partial charge in [0.25, 0.3) is 0 Å². The molecule has 2 aromatic rings. The van der Waals surface area contributed by atoms with Crippen molar-refractivity contribution in [2.75, 3.05) is 11.9 Å². The monoisotopic (exact) mass is 558 g/mol. The molecule has 1 fully saturated rings. The Bertz CT molecular complexity index is 1270. The van der Waals surface area contributed by atoms with Gasteiger partial charge in [-0.1, -0.05) is 0 Å². The van der Waals surface area contributed by atoms with Crippen molar-refractivity contribution < 1.29 is 47.6 Å². The molecule has 1 aromatic heterocycles. The quantitative estimate of drug-likeness (QED) is 0.293. The number of hydrogen-bond acceptors (Lipinski definition) is 9. The van der Waals surface area contributed by atoms with Gasteiger partial charge in [-0.15, -0.1) is 0 Å². The molecular formula is C24H29F3N4O8. The summed E-state index contributed by atoms with van der Waals surface area (Å²) >= 11 is 0. The van der Waals surface area contributed by atoms with Crippen LogP contribution in [0.5, 0.6) is 0 Å². The molecule has 1 aliphatic heterocycles. The number of alkyl carbamates (subject to hydrolysis) is 1. The second kappa shape index (κ2) is 12.1. The number of aliphatic hydroxyl groups is 3. The van der Waals surface area contributed by atoms with Crippen molar-refractivity contribution in [1.82, 2.24) is 14.9 Å². The van der Waals surface area contributed by atoms with Crippen LogP contribution in [0, 0.1) is 17.5 Å². The lowest BCUT2D eigenvalue weighted by Crippen LogP contribution is -2.42. The third-order valence-electron chi connectivity index (χ3n) is 5.60. The van der Waals surface area contributed by atoms with Gasteiger partial charge in [-0.05, 0) is 44.9 Å². The molecule has 5 N–H and O–H groups in total. The van der Waals surface area contributed by atoms with Crippen molar-refractivity contribution in [1.29, 1.82) is 0 Å². The lowest BCUT2D eigenvalue weighted by Gasteiger charge is -2.24. The molecule has 1 aromatic carbocycles. The highest BCUT2D eigenvalue weighted by molar-refractivity contribution is 5.90. The Morgan fingerprint density at radius 3 is 2.41 bits per heavy atom. The fourth-order valence-corrected chi connectivity index (χ4v) is 3.84. The maximum absolute atomic E-state index is 14.2. The van der Waals surface area contributed by atoms with Gasteiger partial charge in [-0.3, -0.25) is 9.36 Å². The van der Waals surface area contributed by atoms with Crippen LogP contribution in [-0.4, -0.2) is 73.4 Å². The van der Waals surface area contributed by atoms with Gasteiger partial charge in [0.15, 0.2) is 17.9 Å². The van der Waals surface area contributed by atoms with Crippen molar-refractivity contribution in [3.8, 4) is 0 Å². The van der Waals surface area contributed by atoms with E-state index >= 15 is 0 Å². The first-order valence-corrected chi connectivity index (χ1v) is 11.8. The summed E-state index contributed by atoms with van der Waals surface area (Å²) < 4.78 is 52.6. The molecule has 214 valence electrons. The molecule has 0 spiro atoms. The number of rotatable bonds is 8. The maximum Gasteiger partial charge on any atom is 0.407 e. The van der Waals surface area contributed by atoms with Crippen LogP contribution < -0.4 is 16.3 Å². The Labute approximate surface area is 220 Å². The second-order valence-electron chi connectivity index (χ2n) is 9.89. The van der Waals surface area contributed by atoms with Crippen LogP contribution >= 0.6 is 0 Å². The molecule has 1 saturated heterocycles. The van der Waals surface area contributed by atoms with E-state index in [0.29, 0.717) is 12.1 Å². The summed E-state index contributed by atoms with van der Waals surface area (Å²) in [4.78, 5) is 41.2. The lowest BCUT2D eigenvalue weighted by atomic mass is 10.0. The fourth-order valence-electron chi connectivity index (χ4n) is 3.84. The topological polar surface area (TPSA) is 172 Å². The number of aromatic nitrogens is 2. The molecule has 2 heterocycles. The minimum absolute atomic E-state index is 0.219. The summed E-state index contributed by atoms with van der Waals surface area (Å²) in [5, 5.41) is 33.9. The van der Waals surface area contributed by atoms with Crippen molar-refractivity contribution >= 4 is 17.8 Å². The zero-order valence-electron chi connectivity index (χ0n) is 21.2. The van der Waals surface area contributed by atoms with E-state index < -0.39 is 90.8 Å². The van der Waals surface area contributed by atoms with E-state index in [2.05, 4.69) is 15.6 Å². The van der Waals surface area contributed by atoms with E-state index in [4.69, 9.17) is 9.47 Å². The Kier molecular flexibility index (Phi) is 9.32. The smallest absolute Gasteiger partial charge is 0.407 e. The van der Waals surface area contributed by atoms with Crippen LogP contribution in [-0.2, 0) is 20.7 Å². The van der Waals surface area contributed by atoms with Crippen molar-refractivity contribution in [3.05, 3.63) is 57.9 Å². The van der Waals surface area contributed by atoms with Gasteiger partial charge in [0.05, 0.1) is 6.61 Å². The summed E-state index contributed by atoms with van der Waals surface area (Å²) in [5.41, 5.74) is -2.17. The molecule has 0 bridgehead atoms. The van der Waals surface area contributed by atoms with Crippen LogP contribution in [0.3, 0.4) is 0 Å². The van der Waals surface area contributed by atoms with E-state index in [9.17, 15) is 42.9 Å². The summed E-state index contributed by atoms with van der Waals surface area (Å²) in [6, 6.07) is 1.02. The third kappa shape index (κ3) is 7.75. The number of carbonyl (C=O) groups excluding carboxylic acids is 2. The van der Waals surface area contributed by atoms with Crippen LogP contribution in [0.2, 0.25) is 0 Å². The van der Waals surface area contributed by atoms with Gasteiger partial charge in [-0.2, -0.15) is 4.98 Å². The molecule has 0 radical (unpaired) electrons. The molecule has 0 aliphatic carbocycles.